The van der Waals surface area contributed by atoms with Crippen LogP contribution in [-0.2, 0) is 25.6 Å². The van der Waals surface area contributed by atoms with Gasteiger partial charge >= 0.3 is 17.6 Å². The molecule has 1 aliphatic rings. The number of aromatic hydroxyl groups is 1. The molecule has 184 valence electrons. The predicted octanol–water partition coefficient (Wildman–Crippen LogP) is 3.55. The zero-order valence-corrected chi connectivity index (χ0v) is 19.2. The molecule has 0 aromatic heterocycles. The lowest BCUT2D eigenvalue weighted by Gasteiger charge is -2.30. The summed E-state index contributed by atoms with van der Waals surface area (Å²) in [6.07, 6.45) is 2.87. The summed E-state index contributed by atoms with van der Waals surface area (Å²) in [7, 11) is 2.32. The van der Waals surface area contributed by atoms with E-state index in [2.05, 4.69) is 0 Å². The second-order valence-electron chi connectivity index (χ2n) is 7.46. The molecule has 10 nitrogen and oxygen atoms in total. The molecule has 0 unspecified atom stereocenters. The average molecular weight is 486 g/mol. The van der Waals surface area contributed by atoms with E-state index in [-0.39, 0.29) is 35.6 Å². The first-order chi connectivity index (χ1) is 16.7. The van der Waals surface area contributed by atoms with Crippen LogP contribution in [0, 0.1) is 15.9 Å². The van der Waals surface area contributed by atoms with E-state index in [1.165, 1.54) is 35.5 Å². The maximum atomic E-state index is 13.3. The Bertz CT molecular complexity index is 1170. The number of hydrogen-bond acceptors (Lipinski definition) is 9. The van der Waals surface area contributed by atoms with Gasteiger partial charge in [-0.3, -0.25) is 10.1 Å². The van der Waals surface area contributed by atoms with Gasteiger partial charge < -0.3 is 24.2 Å². The number of carbonyl (C=O) groups excluding carboxylic acids is 2. The molecular formula is C24H23FN2O8. The molecule has 1 aliphatic heterocycles. The number of halogens is 1. The molecule has 2 aromatic rings. The number of phenols is 1. The summed E-state index contributed by atoms with van der Waals surface area (Å²) in [5.74, 6) is -3.98. The van der Waals surface area contributed by atoms with Crippen molar-refractivity contribution < 1.29 is 38.2 Å². The topological polar surface area (TPSA) is 128 Å². The lowest BCUT2D eigenvalue weighted by atomic mass is 9.82. The Morgan fingerprint density at radius 3 is 2.14 bits per heavy atom. The number of nitrogens with zero attached hydrogens (tertiary/aromatic N) is 2. The molecule has 35 heavy (non-hydrogen) atoms. The van der Waals surface area contributed by atoms with Gasteiger partial charge in [-0.15, -0.1) is 0 Å². The normalized spacial score (nSPS) is 13.5. The van der Waals surface area contributed by atoms with Crippen molar-refractivity contribution in [1.29, 1.82) is 0 Å². The van der Waals surface area contributed by atoms with E-state index in [0.717, 1.165) is 20.3 Å². The first kappa shape index (κ1) is 25.2. The van der Waals surface area contributed by atoms with Crippen molar-refractivity contribution >= 4 is 17.6 Å². The minimum absolute atomic E-state index is 0.0139. The van der Waals surface area contributed by atoms with E-state index >= 15 is 0 Å². The Hall–Kier alpha value is -4.41. The van der Waals surface area contributed by atoms with Crippen LogP contribution in [0.25, 0.3) is 0 Å². The number of phenolic OH excluding ortho intramolecular Hbond substituents is 1. The third kappa shape index (κ3) is 5.40. The van der Waals surface area contributed by atoms with Gasteiger partial charge in [-0.1, -0.05) is 12.1 Å². The molecule has 0 atom stereocenters. The summed E-state index contributed by atoms with van der Waals surface area (Å²) >= 11 is 0. The zero-order valence-electron chi connectivity index (χ0n) is 19.2. The quantitative estimate of drug-likeness (QED) is 0.338. The number of nitro benzene ring substituents is 1. The summed E-state index contributed by atoms with van der Waals surface area (Å²) in [4.78, 5) is 37.9. The number of carbonyl (C=O) groups is 2. The standard InChI is InChI=1S/C24H23FN2O8/c1-4-35-20-10-15(9-19(22(20)28)27(31)32)21-17(23(29)33-2)12-26(13-18(21)24(30)34-3)11-14-5-7-16(25)8-6-14/h5-10,12-13,21,28H,4,11H2,1-3H3. The monoisotopic (exact) mass is 486 g/mol. The minimum atomic E-state index is -1.13. The molecule has 3 rings (SSSR count). The van der Waals surface area contributed by atoms with E-state index in [1.807, 2.05) is 0 Å². The van der Waals surface area contributed by atoms with Gasteiger partial charge in [0.15, 0.2) is 5.75 Å². The molecule has 1 heterocycles. The van der Waals surface area contributed by atoms with Crippen LogP contribution in [0.2, 0.25) is 0 Å². The van der Waals surface area contributed by atoms with E-state index in [4.69, 9.17) is 14.2 Å². The van der Waals surface area contributed by atoms with Gasteiger partial charge in [-0.2, -0.15) is 0 Å². The summed E-state index contributed by atoms with van der Waals surface area (Å²) in [6, 6.07) is 8.05. The number of nitro groups is 1. The molecule has 0 bridgehead atoms. The van der Waals surface area contributed by atoms with E-state index < -0.39 is 40.0 Å². The lowest BCUT2D eigenvalue weighted by molar-refractivity contribution is -0.386. The molecule has 2 aromatic carbocycles. The van der Waals surface area contributed by atoms with Crippen molar-refractivity contribution in [3.8, 4) is 11.5 Å². The Labute approximate surface area is 200 Å². The maximum Gasteiger partial charge on any atom is 0.336 e. The molecule has 1 N–H and O–H groups in total. The van der Waals surface area contributed by atoms with Gasteiger partial charge in [0, 0.05) is 25.0 Å². The SMILES string of the molecule is CCOc1cc(C2C(C(=O)OC)=CN(Cc3ccc(F)cc3)C=C2C(=O)OC)cc([N+](=O)[O-])c1O. The Morgan fingerprint density at radius 1 is 1.09 bits per heavy atom. The van der Waals surface area contributed by atoms with Crippen LogP contribution < -0.4 is 4.74 Å². The first-order valence-corrected chi connectivity index (χ1v) is 10.4. The van der Waals surface area contributed by atoms with Gasteiger partial charge in [-0.05, 0) is 36.2 Å². The van der Waals surface area contributed by atoms with Gasteiger partial charge in [0.1, 0.15) is 5.82 Å². The van der Waals surface area contributed by atoms with Crippen molar-refractivity contribution in [2.24, 2.45) is 0 Å². The summed E-state index contributed by atoms with van der Waals surface area (Å²) in [5, 5.41) is 21.8. The van der Waals surface area contributed by atoms with Crippen molar-refractivity contribution in [3.63, 3.8) is 0 Å². The van der Waals surface area contributed by atoms with Crippen LogP contribution in [0.15, 0.2) is 59.9 Å². The van der Waals surface area contributed by atoms with Crippen LogP contribution in [0.3, 0.4) is 0 Å². The second kappa shape index (κ2) is 10.7. The lowest BCUT2D eigenvalue weighted by Crippen LogP contribution is -2.28. The van der Waals surface area contributed by atoms with Crippen LogP contribution in [0.5, 0.6) is 11.5 Å². The third-order valence-electron chi connectivity index (χ3n) is 5.26. The number of esters is 2. The summed E-state index contributed by atoms with van der Waals surface area (Å²) in [6.45, 7) is 1.91. The Morgan fingerprint density at radius 2 is 1.66 bits per heavy atom. The number of benzene rings is 2. The highest BCUT2D eigenvalue weighted by Gasteiger charge is 2.37. The van der Waals surface area contributed by atoms with E-state index in [1.54, 1.807) is 19.1 Å². The van der Waals surface area contributed by atoms with Crippen molar-refractivity contribution in [1.82, 2.24) is 4.90 Å². The van der Waals surface area contributed by atoms with Gasteiger partial charge in [-0.25, -0.2) is 14.0 Å². The number of ether oxygens (including phenoxy) is 3. The first-order valence-electron chi connectivity index (χ1n) is 10.4. The molecule has 0 aliphatic carbocycles. The maximum absolute atomic E-state index is 13.3. The molecule has 0 amide bonds. The highest BCUT2D eigenvalue weighted by atomic mass is 19.1. The third-order valence-corrected chi connectivity index (χ3v) is 5.26. The van der Waals surface area contributed by atoms with Crippen LogP contribution in [0.4, 0.5) is 10.1 Å². The van der Waals surface area contributed by atoms with Crippen molar-refractivity contribution in [2.75, 3.05) is 20.8 Å². The highest BCUT2D eigenvalue weighted by molar-refractivity contribution is 5.98. The van der Waals surface area contributed by atoms with Crippen molar-refractivity contribution in [3.05, 3.63) is 87.0 Å². The molecule has 0 fully saturated rings. The molecule has 11 heteroatoms. The van der Waals surface area contributed by atoms with E-state index in [9.17, 15) is 29.2 Å². The minimum Gasteiger partial charge on any atom is -0.500 e. The van der Waals surface area contributed by atoms with Gasteiger partial charge in [0.25, 0.3) is 0 Å². The fraction of sp³-hybridized carbons (Fsp3) is 0.250. The van der Waals surface area contributed by atoms with Gasteiger partial charge in [0.05, 0.1) is 42.8 Å². The van der Waals surface area contributed by atoms with Gasteiger partial charge in [0.2, 0.25) is 5.75 Å². The smallest absolute Gasteiger partial charge is 0.336 e. The van der Waals surface area contributed by atoms with Crippen LogP contribution >= 0.6 is 0 Å². The predicted molar refractivity (Wildman–Crippen MR) is 121 cm³/mol. The fourth-order valence-electron chi connectivity index (χ4n) is 3.72. The Kier molecular flexibility index (Phi) is 7.69. The molecular weight excluding hydrogens is 463 g/mol. The molecule has 0 saturated heterocycles. The zero-order chi connectivity index (χ0) is 25.7. The second-order valence-corrected chi connectivity index (χ2v) is 7.46. The number of rotatable bonds is 8. The average Bonchev–Trinajstić information content (AvgIpc) is 2.85. The summed E-state index contributed by atoms with van der Waals surface area (Å²) in [5.41, 5.74) is 0.130. The molecule has 0 saturated carbocycles. The van der Waals surface area contributed by atoms with E-state index in [0.29, 0.717) is 5.56 Å². The molecule has 0 radical (unpaired) electrons. The van der Waals surface area contributed by atoms with Crippen molar-refractivity contribution in [2.45, 2.75) is 19.4 Å². The number of methoxy groups -OCH3 is 2. The fourth-order valence-corrected chi connectivity index (χ4v) is 3.72. The highest BCUT2D eigenvalue weighted by Crippen LogP contribution is 2.44. The largest absolute Gasteiger partial charge is 0.500 e. The number of hydrogen-bond donors (Lipinski definition) is 1. The van der Waals surface area contributed by atoms with Crippen LogP contribution in [0.1, 0.15) is 24.0 Å². The van der Waals surface area contributed by atoms with Crippen LogP contribution in [-0.4, -0.2) is 47.7 Å². The molecule has 0 spiro atoms. The summed E-state index contributed by atoms with van der Waals surface area (Å²) < 4.78 is 28.5. The Balaban J connectivity index is 2.18.